The molecule has 3 rings (SSSR count). The van der Waals surface area contributed by atoms with Crippen molar-refractivity contribution in [2.75, 3.05) is 10.6 Å². The van der Waals surface area contributed by atoms with E-state index in [1.54, 1.807) is 13.0 Å². The van der Waals surface area contributed by atoms with E-state index in [0.29, 0.717) is 11.4 Å². The fraction of sp³-hybridized carbons (Fsp3) is 0.0588. The summed E-state index contributed by atoms with van der Waals surface area (Å²) < 4.78 is 18.0. The molecule has 0 saturated carbocycles. The smallest absolute Gasteiger partial charge is 0.258 e. The average molecular weight is 375 g/mol. The van der Waals surface area contributed by atoms with Gasteiger partial charge in [-0.25, -0.2) is 4.39 Å². The molecule has 0 aliphatic heterocycles. The van der Waals surface area contributed by atoms with Crippen LogP contribution < -0.4 is 10.6 Å². The molecule has 2 aromatic heterocycles. The van der Waals surface area contributed by atoms with E-state index in [4.69, 9.17) is 16.1 Å². The molecule has 0 fully saturated rings. The number of halogens is 2. The first-order chi connectivity index (χ1) is 12.4. The van der Waals surface area contributed by atoms with E-state index in [1.165, 1.54) is 30.6 Å². The van der Waals surface area contributed by atoms with E-state index in [2.05, 4.69) is 20.8 Å². The van der Waals surface area contributed by atoms with Crippen LogP contribution in [-0.4, -0.2) is 22.0 Å². The second-order valence-corrected chi connectivity index (χ2v) is 5.73. The van der Waals surface area contributed by atoms with Gasteiger partial charge in [0.1, 0.15) is 11.6 Å². The van der Waals surface area contributed by atoms with Crippen molar-refractivity contribution in [2.45, 2.75) is 6.92 Å². The van der Waals surface area contributed by atoms with Gasteiger partial charge in [0.05, 0.1) is 16.1 Å². The molecule has 2 amide bonds. The van der Waals surface area contributed by atoms with Crippen LogP contribution in [0.3, 0.4) is 0 Å². The van der Waals surface area contributed by atoms with Crippen LogP contribution in [0.4, 0.5) is 15.9 Å². The van der Waals surface area contributed by atoms with Crippen LogP contribution in [0, 0.1) is 12.7 Å². The van der Waals surface area contributed by atoms with E-state index in [0.717, 1.165) is 6.07 Å². The van der Waals surface area contributed by atoms with Crippen LogP contribution in [0.15, 0.2) is 47.2 Å². The van der Waals surface area contributed by atoms with Gasteiger partial charge < -0.3 is 15.2 Å². The number of carbonyl (C=O) groups is 2. The van der Waals surface area contributed by atoms with Crippen molar-refractivity contribution in [1.82, 2.24) is 10.1 Å². The monoisotopic (exact) mass is 374 g/mol. The summed E-state index contributed by atoms with van der Waals surface area (Å²) in [5.41, 5.74) is 0.624. The van der Waals surface area contributed by atoms with Crippen LogP contribution in [0.25, 0.3) is 0 Å². The molecule has 0 unspecified atom stereocenters. The third-order valence-corrected chi connectivity index (χ3v) is 3.60. The maximum Gasteiger partial charge on any atom is 0.258 e. The minimum absolute atomic E-state index is 0.114. The summed E-state index contributed by atoms with van der Waals surface area (Å²) in [5, 5.41) is 8.64. The number of rotatable bonds is 4. The predicted molar refractivity (Wildman–Crippen MR) is 92.8 cm³/mol. The number of hydrogen-bond donors (Lipinski definition) is 2. The lowest BCUT2D eigenvalue weighted by Gasteiger charge is -2.07. The highest BCUT2D eigenvalue weighted by Gasteiger charge is 2.14. The fourth-order valence-electron chi connectivity index (χ4n) is 2.08. The van der Waals surface area contributed by atoms with E-state index in [9.17, 15) is 14.0 Å². The Morgan fingerprint density at radius 2 is 1.77 bits per heavy atom. The number of carbonyl (C=O) groups excluding carboxylic acids is 2. The van der Waals surface area contributed by atoms with Crippen LogP contribution in [0.5, 0.6) is 0 Å². The van der Waals surface area contributed by atoms with Crippen LogP contribution in [-0.2, 0) is 0 Å². The number of aryl methyl sites for hydroxylation is 1. The fourth-order valence-corrected chi connectivity index (χ4v) is 2.26. The van der Waals surface area contributed by atoms with Gasteiger partial charge in [-0.05, 0) is 31.2 Å². The van der Waals surface area contributed by atoms with Gasteiger partial charge in [0.25, 0.3) is 11.8 Å². The van der Waals surface area contributed by atoms with E-state index < -0.39 is 17.6 Å². The SMILES string of the molecule is Cc1cc(NC(=O)c2cncc(C(=O)Nc3ccc(F)c(Cl)c3)c2)no1. The molecule has 0 saturated heterocycles. The minimum atomic E-state index is -0.590. The third-order valence-electron chi connectivity index (χ3n) is 3.31. The van der Waals surface area contributed by atoms with E-state index in [1.807, 2.05) is 0 Å². The lowest BCUT2D eigenvalue weighted by atomic mass is 10.2. The van der Waals surface area contributed by atoms with Gasteiger partial charge in [-0.1, -0.05) is 16.8 Å². The second kappa shape index (κ2) is 7.32. The first kappa shape index (κ1) is 17.6. The highest BCUT2D eigenvalue weighted by atomic mass is 35.5. The third kappa shape index (κ3) is 4.04. The van der Waals surface area contributed by atoms with Gasteiger partial charge in [0, 0.05) is 24.1 Å². The van der Waals surface area contributed by atoms with Crippen molar-refractivity contribution in [3.8, 4) is 0 Å². The molecule has 2 heterocycles. The van der Waals surface area contributed by atoms with Crippen molar-refractivity contribution in [3.63, 3.8) is 0 Å². The van der Waals surface area contributed by atoms with E-state index >= 15 is 0 Å². The summed E-state index contributed by atoms with van der Waals surface area (Å²) in [4.78, 5) is 28.4. The molecule has 0 bridgehead atoms. The summed E-state index contributed by atoms with van der Waals surface area (Å²) in [6.45, 7) is 1.69. The average Bonchev–Trinajstić information content (AvgIpc) is 3.03. The summed E-state index contributed by atoms with van der Waals surface area (Å²) in [6.07, 6.45) is 2.62. The van der Waals surface area contributed by atoms with Gasteiger partial charge in [-0.2, -0.15) is 0 Å². The molecule has 26 heavy (non-hydrogen) atoms. The normalized spacial score (nSPS) is 10.4. The molecule has 9 heteroatoms. The van der Waals surface area contributed by atoms with Gasteiger partial charge >= 0.3 is 0 Å². The molecule has 0 atom stereocenters. The Labute approximate surface area is 152 Å². The highest BCUT2D eigenvalue weighted by molar-refractivity contribution is 6.31. The van der Waals surface area contributed by atoms with Crippen LogP contribution in [0.1, 0.15) is 26.5 Å². The molecular formula is C17H12ClFN4O3. The molecule has 0 aliphatic rings. The maximum atomic E-state index is 13.2. The Kier molecular flexibility index (Phi) is 4.94. The number of nitrogens with one attached hydrogen (secondary N) is 2. The molecule has 0 radical (unpaired) electrons. The number of pyridine rings is 1. The zero-order valence-electron chi connectivity index (χ0n) is 13.4. The number of nitrogens with zero attached hydrogens (tertiary/aromatic N) is 2. The van der Waals surface area contributed by atoms with Gasteiger partial charge in [-0.15, -0.1) is 0 Å². The first-order valence-electron chi connectivity index (χ1n) is 7.38. The molecule has 2 N–H and O–H groups in total. The van der Waals surface area contributed by atoms with Gasteiger partial charge in [0.15, 0.2) is 5.82 Å². The standard InChI is InChI=1S/C17H12ClFN4O3/c1-9-4-15(23-26-9)22-17(25)11-5-10(7-20-8-11)16(24)21-12-2-3-14(19)13(18)6-12/h2-8H,1H3,(H,21,24)(H,22,23,25). The Bertz CT molecular complexity index is 990. The Morgan fingerprint density at radius 3 is 2.38 bits per heavy atom. The molecule has 0 spiro atoms. The van der Waals surface area contributed by atoms with Gasteiger partial charge in [0.2, 0.25) is 0 Å². The molecule has 3 aromatic rings. The Hall–Kier alpha value is -3.26. The lowest BCUT2D eigenvalue weighted by Crippen LogP contribution is -2.16. The Balaban J connectivity index is 1.74. The quantitative estimate of drug-likeness (QED) is 0.726. The minimum Gasteiger partial charge on any atom is -0.360 e. The van der Waals surface area contributed by atoms with Crippen LogP contribution in [0.2, 0.25) is 5.02 Å². The zero-order valence-corrected chi connectivity index (χ0v) is 14.2. The summed E-state index contributed by atoms with van der Waals surface area (Å²) in [5.74, 6) is -0.807. The number of aromatic nitrogens is 2. The first-order valence-corrected chi connectivity index (χ1v) is 7.76. The summed E-state index contributed by atoms with van der Waals surface area (Å²) in [7, 11) is 0. The zero-order chi connectivity index (χ0) is 18.7. The van der Waals surface area contributed by atoms with Crippen molar-refractivity contribution in [3.05, 3.63) is 70.5 Å². The molecule has 132 valence electrons. The number of amides is 2. The molecule has 1 aromatic carbocycles. The molecule has 0 aliphatic carbocycles. The van der Waals surface area contributed by atoms with Crippen LogP contribution >= 0.6 is 11.6 Å². The topological polar surface area (TPSA) is 97.1 Å². The number of anilines is 2. The van der Waals surface area contributed by atoms with E-state index in [-0.39, 0.29) is 22.0 Å². The van der Waals surface area contributed by atoms with Gasteiger partial charge in [-0.3, -0.25) is 14.6 Å². The Morgan fingerprint density at radius 1 is 1.08 bits per heavy atom. The number of benzene rings is 1. The second-order valence-electron chi connectivity index (χ2n) is 5.32. The molecular weight excluding hydrogens is 363 g/mol. The lowest BCUT2D eigenvalue weighted by molar-refractivity contribution is 0.102. The highest BCUT2D eigenvalue weighted by Crippen LogP contribution is 2.20. The molecule has 7 nitrogen and oxygen atoms in total. The van der Waals surface area contributed by atoms with Crippen molar-refractivity contribution in [2.24, 2.45) is 0 Å². The largest absolute Gasteiger partial charge is 0.360 e. The summed E-state index contributed by atoms with van der Waals surface area (Å²) >= 11 is 5.68. The van der Waals surface area contributed by atoms with Crippen molar-refractivity contribution in [1.29, 1.82) is 0 Å². The van der Waals surface area contributed by atoms with Crippen molar-refractivity contribution < 1.29 is 18.5 Å². The maximum absolute atomic E-state index is 13.2. The predicted octanol–water partition coefficient (Wildman–Crippen LogP) is 3.68. The number of hydrogen-bond acceptors (Lipinski definition) is 5. The summed E-state index contributed by atoms with van der Waals surface area (Å²) in [6, 6.07) is 6.72. The van der Waals surface area contributed by atoms with Crippen molar-refractivity contribution >= 4 is 34.9 Å².